The molecule has 0 bridgehead atoms. The number of benzene rings is 18. The Morgan fingerprint density at radius 3 is 1.13 bits per heavy atom. The summed E-state index contributed by atoms with van der Waals surface area (Å²) in [6, 6.07) is 122. The van der Waals surface area contributed by atoms with Crippen LogP contribution in [0.1, 0.15) is 0 Å². The van der Waals surface area contributed by atoms with Crippen LogP contribution >= 0.6 is 38.6 Å². The number of nitrogens with zero attached hydrogens (tertiary/aromatic N) is 4. The molecular formula is C100H62BBrN4O2S2. The Hall–Kier alpha value is -12.9. The molecule has 0 aliphatic rings. The topological polar surface area (TPSA) is 60.2 Å². The van der Waals surface area contributed by atoms with E-state index in [4.69, 9.17) is 10.0 Å². The maximum absolute atomic E-state index is 9.08. The molecule has 6 nitrogen and oxygen atoms in total. The summed E-state index contributed by atoms with van der Waals surface area (Å²) in [7, 11) is -1.40. The Labute approximate surface area is 647 Å². The lowest BCUT2D eigenvalue weighted by atomic mass is 9.77. The zero-order valence-electron chi connectivity index (χ0n) is 59.1. The fraction of sp³-hybridized carbons (Fsp3) is 0. The Balaban J connectivity index is 0.000000118. The number of rotatable bonds is 6. The van der Waals surface area contributed by atoms with Gasteiger partial charge < -0.3 is 28.3 Å². The largest absolute Gasteiger partial charge is 0.489 e. The van der Waals surface area contributed by atoms with Gasteiger partial charge in [-0.3, -0.25) is 0 Å². The minimum atomic E-state index is -1.40. The molecule has 0 saturated heterocycles. The summed E-state index contributed by atoms with van der Waals surface area (Å²) >= 11 is 7.55. The Bertz CT molecular complexity index is 7940. The van der Waals surface area contributed by atoms with Crippen LogP contribution in [-0.4, -0.2) is 35.4 Å². The second-order valence-electron chi connectivity index (χ2n) is 28.5. The van der Waals surface area contributed by atoms with Crippen LogP contribution in [0.3, 0.4) is 0 Å². The first-order valence-electron chi connectivity index (χ1n) is 37.1. The van der Waals surface area contributed by atoms with E-state index >= 15 is 0 Å². The number of hydrogen-bond acceptors (Lipinski definition) is 4. The summed E-state index contributed by atoms with van der Waals surface area (Å²) in [5, 5.41) is 47.9. The molecule has 6 heterocycles. The second kappa shape index (κ2) is 25.6. The van der Waals surface area contributed by atoms with Crippen molar-refractivity contribution in [2.24, 2.45) is 0 Å². The maximum atomic E-state index is 9.08. The highest BCUT2D eigenvalue weighted by molar-refractivity contribution is 9.10. The summed E-state index contributed by atoms with van der Waals surface area (Å²) < 4.78 is 16.1. The normalized spacial score (nSPS) is 12.0. The minimum Gasteiger partial charge on any atom is -0.423 e. The Morgan fingerprint density at radius 1 is 0.245 bits per heavy atom. The minimum absolute atomic E-state index is 0.554. The Kier molecular flexibility index (Phi) is 15.0. The molecule has 18 aromatic carbocycles. The predicted octanol–water partition coefficient (Wildman–Crippen LogP) is 26.9. The van der Waals surface area contributed by atoms with Crippen molar-refractivity contribution in [2.45, 2.75) is 0 Å². The third-order valence-corrected chi connectivity index (χ3v) is 25.6. The van der Waals surface area contributed by atoms with E-state index in [1.807, 2.05) is 59.1 Å². The molecule has 2 N–H and O–H groups in total. The fourth-order valence-electron chi connectivity index (χ4n) is 17.8. The molecule has 0 unspecified atom stereocenters. The zero-order valence-corrected chi connectivity index (χ0v) is 62.3. The van der Waals surface area contributed by atoms with Crippen molar-refractivity contribution >= 4 is 221 Å². The van der Waals surface area contributed by atoms with Gasteiger partial charge in [0.05, 0.1) is 54.2 Å². The lowest BCUT2D eigenvalue weighted by Gasteiger charge is -2.16. The van der Waals surface area contributed by atoms with Crippen LogP contribution in [0, 0.1) is 0 Å². The van der Waals surface area contributed by atoms with Crippen LogP contribution in [0.5, 0.6) is 0 Å². The lowest BCUT2D eigenvalue weighted by Crippen LogP contribution is -2.30. The molecule has 0 radical (unpaired) electrons. The summed E-state index contributed by atoms with van der Waals surface area (Å²) in [6.45, 7) is 0. The van der Waals surface area contributed by atoms with Crippen LogP contribution in [0.4, 0.5) is 0 Å². The molecule has 0 amide bonds. The third kappa shape index (κ3) is 10.1. The van der Waals surface area contributed by atoms with Gasteiger partial charge in [0.1, 0.15) is 0 Å². The third-order valence-electron chi connectivity index (χ3n) is 22.6. The van der Waals surface area contributed by atoms with Crippen molar-refractivity contribution in [3.8, 4) is 33.9 Å². The van der Waals surface area contributed by atoms with E-state index < -0.39 is 7.12 Å². The smallest absolute Gasteiger partial charge is 0.423 e. The summed E-state index contributed by atoms with van der Waals surface area (Å²) in [6.07, 6.45) is 9.09. The van der Waals surface area contributed by atoms with E-state index in [1.165, 1.54) is 193 Å². The van der Waals surface area contributed by atoms with Crippen molar-refractivity contribution in [2.75, 3.05) is 0 Å². The maximum Gasteiger partial charge on any atom is 0.489 e. The standard InChI is InChI=1S/C50H30N2S.C40H23BrN2S.C10H9BO2/c1-3-14-35-31(10-1)12-7-17-36(35)34-24-25-39-43(30-34)40-26-28-51(44-19-8-13-33-23-22-32-11-2-4-15-37(32)47(33)44)49(40)42-27-29-52(48(39)42)45-20-9-18-41-38-16-5-6-21-46(38)53-50(41)45;41-26-17-18-29-33(23-26)30-19-21-42(34-12-5-8-25-16-15-24-7-1-2-9-27(24)37(25)34)39(30)32-20-22-43(38(29)32)35-13-6-11-31-28-10-3-4-14-36(28)44-40(31)35;12-11(13)10-7-3-5-8-4-1-2-6-9(8)10/h1-30H;1-23H;1-7,12-13H. The zero-order chi connectivity index (χ0) is 72.8. The number of aromatic nitrogens is 4. The molecule has 0 saturated carbocycles. The van der Waals surface area contributed by atoms with Gasteiger partial charge in [-0.05, 0) is 160 Å². The quantitative estimate of drug-likeness (QED) is 0.129. The van der Waals surface area contributed by atoms with Gasteiger partial charge in [-0.2, -0.15) is 0 Å². The van der Waals surface area contributed by atoms with Crippen molar-refractivity contribution in [3.63, 3.8) is 0 Å². The average molecular weight is 1510 g/mol. The molecule has 6 aromatic heterocycles. The summed E-state index contributed by atoms with van der Waals surface area (Å²) in [4.78, 5) is 0. The molecule has 0 fully saturated rings. The molecule has 0 atom stereocenters. The number of hydrogen-bond donors (Lipinski definition) is 2. The molecule has 0 aliphatic heterocycles. The van der Waals surface area contributed by atoms with Gasteiger partial charge in [-0.15, -0.1) is 22.7 Å². The van der Waals surface area contributed by atoms with Crippen molar-refractivity contribution < 1.29 is 10.0 Å². The lowest BCUT2D eigenvalue weighted by molar-refractivity contribution is 0.426. The molecule has 0 spiro atoms. The molecule has 0 aliphatic carbocycles. The van der Waals surface area contributed by atoms with Gasteiger partial charge in [-0.1, -0.05) is 277 Å². The van der Waals surface area contributed by atoms with Crippen LogP contribution in [0.15, 0.2) is 369 Å². The van der Waals surface area contributed by atoms with Crippen LogP contribution < -0.4 is 5.46 Å². The second-order valence-corrected chi connectivity index (χ2v) is 31.6. The highest BCUT2D eigenvalue weighted by Crippen LogP contribution is 2.48. The molecule has 516 valence electrons. The van der Waals surface area contributed by atoms with E-state index in [2.05, 4.69) is 356 Å². The van der Waals surface area contributed by atoms with E-state index in [0.29, 0.717) is 5.46 Å². The van der Waals surface area contributed by atoms with Crippen LogP contribution in [0.2, 0.25) is 0 Å². The molecule has 24 rings (SSSR count). The van der Waals surface area contributed by atoms with Gasteiger partial charge in [0.25, 0.3) is 0 Å². The number of halogens is 1. The van der Waals surface area contributed by atoms with E-state index in [9.17, 15) is 0 Å². The highest BCUT2D eigenvalue weighted by Gasteiger charge is 2.24. The van der Waals surface area contributed by atoms with Crippen molar-refractivity contribution in [3.05, 3.63) is 369 Å². The first-order chi connectivity index (χ1) is 54.3. The number of fused-ring (bicyclic) bond motifs is 26. The molecular weight excluding hydrogens is 1440 g/mol. The molecule has 10 heteroatoms. The van der Waals surface area contributed by atoms with Gasteiger partial charge in [-0.25, -0.2) is 0 Å². The predicted molar refractivity (Wildman–Crippen MR) is 475 cm³/mol. The van der Waals surface area contributed by atoms with Crippen LogP contribution in [0.25, 0.3) is 204 Å². The van der Waals surface area contributed by atoms with Crippen molar-refractivity contribution in [1.82, 2.24) is 18.3 Å². The van der Waals surface area contributed by atoms with Gasteiger partial charge in [0, 0.05) is 103 Å². The van der Waals surface area contributed by atoms with Gasteiger partial charge in [0.2, 0.25) is 0 Å². The van der Waals surface area contributed by atoms with E-state index in [0.717, 1.165) is 15.2 Å². The SMILES string of the molecule is Brc1ccc2c(c1)c1ccn(-c3cccc4ccc5ccccc5c34)c1c1ccn(-c3cccc4c3sc3ccccc34)c21.OB(O)c1cccc2ccccc12.c1ccc2c(-c3ccc4c(c3)c3ccn(-c5cccc6ccc7ccccc7c56)c3c3ccn(-c5cccc6c5sc5ccccc56)c43)cccc2c1. The first-order valence-corrected chi connectivity index (χ1v) is 39.5. The Morgan fingerprint density at radius 2 is 0.600 bits per heavy atom. The molecule has 24 aromatic rings. The first kappa shape index (κ1) is 64.3. The van der Waals surface area contributed by atoms with E-state index in [1.54, 1.807) is 6.07 Å². The molecule has 110 heavy (non-hydrogen) atoms. The monoisotopic (exact) mass is 1500 g/mol. The van der Waals surface area contributed by atoms with E-state index in [-0.39, 0.29) is 0 Å². The van der Waals surface area contributed by atoms with Gasteiger partial charge in [0.15, 0.2) is 0 Å². The highest BCUT2D eigenvalue weighted by atomic mass is 79.9. The average Bonchev–Trinajstić information content (AvgIpc) is 1.53. The summed E-state index contributed by atoms with van der Waals surface area (Å²) in [5.74, 6) is 0. The summed E-state index contributed by atoms with van der Waals surface area (Å²) in [5.41, 5.74) is 12.8. The van der Waals surface area contributed by atoms with Crippen LogP contribution in [-0.2, 0) is 0 Å². The fourth-order valence-corrected chi connectivity index (χ4v) is 20.6. The van der Waals surface area contributed by atoms with Gasteiger partial charge >= 0.3 is 7.12 Å². The number of thiophene rings is 2. The van der Waals surface area contributed by atoms with Crippen molar-refractivity contribution in [1.29, 1.82) is 0 Å².